The lowest BCUT2D eigenvalue weighted by atomic mass is 10.0. The van der Waals surface area contributed by atoms with Gasteiger partial charge in [0.15, 0.2) is 0 Å². The molecular weight excluding hydrogens is 233 g/mol. The average molecular weight is 246 g/mol. The largest absolute Gasteiger partial charge is 0.418 e. The van der Waals surface area contributed by atoms with E-state index in [2.05, 4.69) is 5.32 Å². The third-order valence-corrected chi connectivity index (χ3v) is 2.30. The fraction of sp³-hybridized carbons (Fsp3) is 0.364. The van der Waals surface area contributed by atoms with Crippen molar-refractivity contribution in [2.24, 2.45) is 5.73 Å². The highest BCUT2D eigenvalue weighted by atomic mass is 19.4. The van der Waals surface area contributed by atoms with Gasteiger partial charge in [-0.15, -0.1) is 0 Å². The molecule has 1 amide bonds. The van der Waals surface area contributed by atoms with Crippen molar-refractivity contribution in [2.45, 2.75) is 25.6 Å². The standard InChI is InChI=1S/C11H13F3N2O/c1-10(2,9(15)17)16-8-6-4-3-5-7(8)11(12,13)14/h3-6,16H,1-2H3,(H2,15,17). The Kier molecular flexibility index (Phi) is 3.35. The number of hydrogen-bond acceptors (Lipinski definition) is 2. The number of hydrogen-bond donors (Lipinski definition) is 2. The van der Waals surface area contributed by atoms with Crippen molar-refractivity contribution < 1.29 is 18.0 Å². The van der Waals surface area contributed by atoms with Gasteiger partial charge in [-0.1, -0.05) is 12.1 Å². The number of amides is 1. The van der Waals surface area contributed by atoms with E-state index in [-0.39, 0.29) is 5.69 Å². The average Bonchev–Trinajstić information content (AvgIpc) is 2.15. The van der Waals surface area contributed by atoms with E-state index >= 15 is 0 Å². The van der Waals surface area contributed by atoms with Crippen molar-refractivity contribution in [1.29, 1.82) is 0 Å². The number of carbonyl (C=O) groups excluding carboxylic acids is 1. The summed E-state index contributed by atoms with van der Waals surface area (Å²) in [7, 11) is 0. The van der Waals surface area contributed by atoms with Gasteiger partial charge in [-0.05, 0) is 26.0 Å². The molecule has 0 saturated heterocycles. The highest BCUT2D eigenvalue weighted by Gasteiger charge is 2.35. The lowest BCUT2D eigenvalue weighted by Crippen LogP contribution is -2.45. The molecule has 1 aromatic carbocycles. The highest BCUT2D eigenvalue weighted by molar-refractivity contribution is 5.87. The molecule has 94 valence electrons. The molecule has 0 aliphatic rings. The quantitative estimate of drug-likeness (QED) is 0.860. The van der Waals surface area contributed by atoms with Gasteiger partial charge in [0.1, 0.15) is 5.54 Å². The van der Waals surface area contributed by atoms with E-state index in [1.54, 1.807) is 0 Å². The Labute approximate surface area is 96.8 Å². The second kappa shape index (κ2) is 4.27. The number of anilines is 1. The van der Waals surface area contributed by atoms with Crippen LogP contribution in [0.3, 0.4) is 0 Å². The molecule has 0 heterocycles. The number of alkyl halides is 3. The highest BCUT2D eigenvalue weighted by Crippen LogP contribution is 2.35. The number of carbonyl (C=O) groups is 1. The summed E-state index contributed by atoms with van der Waals surface area (Å²) >= 11 is 0. The lowest BCUT2D eigenvalue weighted by Gasteiger charge is -2.25. The van der Waals surface area contributed by atoms with Crippen molar-refractivity contribution in [2.75, 3.05) is 5.32 Å². The Morgan fingerprint density at radius 2 is 1.76 bits per heavy atom. The topological polar surface area (TPSA) is 55.1 Å². The van der Waals surface area contributed by atoms with Gasteiger partial charge in [-0.25, -0.2) is 0 Å². The summed E-state index contributed by atoms with van der Waals surface area (Å²) < 4.78 is 38.0. The fourth-order valence-corrected chi connectivity index (χ4v) is 1.24. The van der Waals surface area contributed by atoms with Crippen molar-refractivity contribution in [3.63, 3.8) is 0 Å². The van der Waals surface area contributed by atoms with Crippen LogP contribution in [-0.2, 0) is 11.0 Å². The Hall–Kier alpha value is -1.72. The van der Waals surface area contributed by atoms with Crippen LogP contribution in [0, 0.1) is 0 Å². The summed E-state index contributed by atoms with van der Waals surface area (Å²) in [5, 5.41) is 2.50. The van der Waals surface area contributed by atoms with Crippen LogP contribution in [0.1, 0.15) is 19.4 Å². The summed E-state index contributed by atoms with van der Waals surface area (Å²) in [5.41, 5.74) is 2.86. The first-order valence-corrected chi connectivity index (χ1v) is 4.89. The second-order valence-electron chi connectivity index (χ2n) is 4.16. The molecule has 0 aliphatic carbocycles. The normalized spacial score (nSPS) is 12.3. The summed E-state index contributed by atoms with van der Waals surface area (Å²) in [5.74, 6) is -0.727. The van der Waals surface area contributed by atoms with Gasteiger partial charge >= 0.3 is 6.18 Å². The Morgan fingerprint density at radius 1 is 1.24 bits per heavy atom. The van der Waals surface area contributed by atoms with Crippen LogP contribution < -0.4 is 11.1 Å². The molecule has 1 aromatic rings. The van der Waals surface area contributed by atoms with Crippen LogP contribution >= 0.6 is 0 Å². The molecule has 0 radical (unpaired) electrons. The zero-order valence-electron chi connectivity index (χ0n) is 9.43. The van der Waals surface area contributed by atoms with E-state index in [1.165, 1.54) is 32.0 Å². The molecule has 0 unspecified atom stereocenters. The molecule has 0 atom stereocenters. The van der Waals surface area contributed by atoms with Crippen LogP contribution in [0.15, 0.2) is 24.3 Å². The molecule has 1 rings (SSSR count). The third kappa shape index (κ3) is 3.12. The molecule has 3 nitrogen and oxygen atoms in total. The molecule has 0 fully saturated rings. The van der Waals surface area contributed by atoms with Gasteiger partial charge in [-0.3, -0.25) is 4.79 Å². The van der Waals surface area contributed by atoms with Gasteiger partial charge in [0, 0.05) is 5.69 Å². The minimum atomic E-state index is -4.47. The van der Waals surface area contributed by atoms with E-state index in [9.17, 15) is 18.0 Å². The van der Waals surface area contributed by atoms with Crippen LogP contribution in [0.5, 0.6) is 0 Å². The van der Waals surface area contributed by atoms with Crippen molar-refractivity contribution in [3.05, 3.63) is 29.8 Å². The third-order valence-electron chi connectivity index (χ3n) is 2.30. The molecule has 0 spiro atoms. The monoisotopic (exact) mass is 246 g/mol. The van der Waals surface area contributed by atoms with Crippen molar-refractivity contribution >= 4 is 11.6 Å². The molecule has 0 saturated carbocycles. The zero-order valence-corrected chi connectivity index (χ0v) is 9.43. The summed E-state index contributed by atoms with van der Waals surface area (Å²) in [4.78, 5) is 11.1. The molecular formula is C11H13F3N2O. The first-order chi connectivity index (χ1) is 7.64. The number of para-hydroxylation sites is 1. The number of nitrogens with one attached hydrogen (secondary N) is 1. The van der Waals surface area contributed by atoms with Crippen molar-refractivity contribution in [1.82, 2.24) is 0 Å². The van der Waals surface area contributed by atoms with Crippen LogP contribution in [-0.4, -0.2) is 11.4 Å². The minimum absolute atomic E-state index is 0.163. The number of halogens is 3. The molecule has 17 heavy (non-hydrogen) atoms. The molecule has 0 bridgehead atoms. The second-order valence-corrected chi connectivity index (χ2v) is 4.16. The maximum absolute atomic E-state index is 12.7. The number of nitrogens with two attached hydrogens (primary N) is 1. The summed E-state index contributed by atoms with van der Waals surface area (Å²) in [6.07, 6.45) is -4.47. The van der Waals surface area contributed by atoms with E-state index in [0.717, 1.165) is 6.07 Å². The zero-order chi connectivity index (χ0) is 13.3. The van der Waals surface area contributed by atoms with Crippen LogP contribution in [0.25, 0.3) is 0 Å². The van der Waals surface area contributed by atoms with E-state index in [1.807, 2.05) is 0 Å². The predicted molar refractivity (Wildman–Crippen MR) is 58.3 cm³/mol. The van der Waals surface area contributed by atoms with Gasteiger partial charge in [-0.2, -0.15) is 13.2 Å². The minimum Gasteiger partial charge on any atom is -0.371 e. The smallest absolute Gasteiger partial charge is 0.371 e. The first-order valence-electron chi connectivity index (χ1n) is 4.89. The van der Waals surface area contributed by atoms with Crippen LogP contribution in [0.4, 0.5) is 18.9 Å². The number of rotatable bonds is 3. The fourth-order valence-electron chi connectivity index (χ4n) is 1.24. The van der Waals surface area contributed by atoms with Gasteiger partial charge < -0.3 is 11.1 Å². The van der Waals surface area contributed by atoms with Gasteiger partial charge in [0.05, 0.1) is 5.56 Å². The first kappa shape index (κ1) is 13.3. The lowest BCUT2D eigenvalue weighted by molar-refractivity contribution is -0.137. The Bertz CT molecular complexity index is 427. The Morgan fingerprint density at radius 3 is 2.24 bits per heavy atom. The molecule has 3 N–H and O–H groups in total. The summed E-state index contributed by atoms with van der Waals surface area (Å²) in [6.45, 7) is 2.84. The predicted octanol–water partition coefficient (Wildman–Crippen LogP) is 2.38. The molecule has 6 heteroatoms. The molecule has 0 aliphatic heterocycles. The number of primary amides is 1. The van der Waals surface area contributed by atoms with E-state index < -0.39 is 23.2 Å². The molecule has 0 aromatic heterocycles. The van der Waals surface area contributed by atoms with E-state index in [4.69, 9.17) is 5.73 Å². The van der Waals surface area contributed by atoms with Crippen molar-refractivity contribution in [3.8, 4) is 0 Å². The van der Waals surface area contributed by atoms with Crippen LogP contribution in [0.2, 0.25) is 0 Å². The maximum atomic E-state index is 12.7. The summed E-state index contributed by atoms with van der Waals surface area (Å²) in [6, 6.07) is 4.94. The van der Waals surface area contributed by atoms with Gasteiger partial charge in [0.25, 0.3) is 0 Å². The SMILES string of the molecule is CC(C)(Nc1ccccc1C(F)(F)F)C(N)=O. The maximum Gasteiger partial charge on any atom is 0.418 e. The van der Waals surface area contributed by atoms with Gasteiger partial charge in [0.2, 0.25) is 5.91 Å². The van der Waals surface area contributed by atoms with E-state index in [0.29, 0.717) is 0 Å². The number of benzene rings is 1. The Balaban J connectivity index is 3.12.